The normalized spacial score (nSPS) is 23.9. The Labute approximate surface area is 109 Å². The van der Waals surface area contributed by atoms with Crippen molar-refractivity contribution in [3.05, 3.63) is 35.4 Å². The van der Waals surface area contributed by atoms with Crippen molar-refractivity contribution in [2.75, 3.05) is 6.61 Å². The number of aryl methyl sites for hydroxylation is 1. The minimum Gasteiger partial charge on any atom is -0.370 e. The number of benzene rings is 1. The summed E-state index contributed by atoms with van der Waals surface area (Å²) in [5.74, 6) is 0.825. The summed E-state index contributed by atoms with van der Waals surface area (Å²) in [4.78, 5) is 12.0. The number of hydrogen-bond acceptors (Lipinski definition) is 2. The van der Waals surface area contributed by atoms with Crippen LogP contribution in [-0.2, 0) is 4.74 Å². The number of Topliss-reactive ketones (excluding diaryl/α,β-unsaturated/α-hetero) is 1. The molecule has 0 N–H and O–H groups in total. The Morgan fingerprint density at radius 3 is 2.67 bits per heavy atom. The molecule has 0 amide bonds. The summed E-state index contributed by atoms with van der Waals surface area (Å²) in [6.07, 6.45) is 5.01. The van der Waals surface area contributed by atoms with Gasteiger partial charge in [-0.1, -0.05) is 49.6 Å². The molecule has 2 unspecified atom stereocenters. The molecule has 0 heterocycles. The molecule has 2 heteroatoms. The van der Waals surface area contributed by atoms with Crippen LogP contribution in [0.2, 0.25) is 0 Å². The van der Waals surface area contributed by atoms with Crippen LogP contribution in [0.25, 0.3) is 0 Å². The van der Waals surface area contributed by atoms with Crippen LogP contribution in [0.15, 0.2) is 24.3 Å². The fourth-order valence-corrected chi connectivity index (χ4v) is 2.55. The average Bonchev–Trinajstić information content (AvgIpc) is 2.37. The highest BCUT2D eigenvalue weighted by molar-refractivity contribution is 5.97. The Morgan fingerprint density at radius 1 is 1.28 bits per heavy atom. The average molecular weight is 246 g/mol. The first kappa shape index (κ1) is 13.3. The van der Waals surface area contributed by atoms with Crippen molar-refractivity contribution in [1.82, 2.24) is 0 Å². The van der Waals surface area contributed by atoms with Crippen LogP contribution in [0.5, 0.6) is 0 Å². The van der Waals surface area contributed by atoms with Gasteiger partial charge in [-0.3, -0.25) is 4.79 Å². The molecule has 0 aliphatic heterocycles. The Hall–Kier alpha value is -1.15. The zero-order valence-corrected chi connectivity index (χ0v) is 11.3. The number of hydrogen-bond donors (Lipinski definition) is 0. The Balaban J connectivity index is 1.82. The van der Waals surface area contributed by atoms with Gasteiger partial charge < -0.3 is 4.74 Å². The first-order valence-corrected chi connectivity index (χ1v) is 6.86. The number of carbonyl (C=O) groups excluding carboxylic acids is 1. The van der Waals surface area contributed by atoms with E-state index in [0.717, 1.165) is 24.3 Å². The molecule has 0 aromatic heterocycles. The van der Waals surface area contributed by atoms with Gasteiger partial charge in [0, 0.05) is 5.56 Å². The molecule has 2 nitrogen and oxygen atoms in total. The lowest BCUT2D eigenvalue weighted by Crippen LogP contribution is -2.24. The highest BCUT2D eigenvalue weighted by Gasteiger charge is 2.20. The molecule has 1 saturated carbocycles. The van der Waals surface area contributed by atoms with Crippen LogP contribution in [0.3, 0.4) is 0 Å². The smallest absolute Gasteiger partial charge is 0.188 e. The molecule has 18 heavy (non-hydrogen) atoms. The maximum absolute atomic E-state index is 12.0. The number of ketones is 1. The maximum atomic E-state index is 12.0. The predicted molar refractivity (Wildman–Crippen MR) is 72.9 cm³/mol. The molecule has 1 aromatic carbocycles. The molecule has 1 aliphatic rings. The van der Waals surface area contributed by atoms with E-state index >= 15 is 0 Å². The lowest BCUT2D eigenvalue weighted by Gasteiger charge is -2.26. The summed E-state index contributed by atoms with van der Waals surface area (Å²) < 4.78 is 5.75. The van der Waals surface area contributed by atoms with E-state index in [-0.39, 0.29) is 18.5 Å². The monoisotopic (exact) mass is 246 g/mol. The summed E-state index contributed by atoms with van der Waals surface area (Å²) >= 11 is 0. The fourth-order valence-electron chi connectivity index (χ4n) is 2.55. The van der Waals surface area contributed by atoms with Gasteiger partial charge in [0.1, 0.15) is 6.61 Å². The van der Waals surface area contributed by atoms with E-state index in [1.807, 2.05) is 31.2 Å². The van der Waals surface area contributed by atoms with Crippen molar-refractivity contribution < 1.29 is 9.53 Å². The largest absolute Gasteiger partial charge is 0.370 e. The SMILES string of the molecule is Cc1ccc(C(=O)COC2CCCC(C)C2)cc1. The first-order valence-electron chi connectivity index (χ1n) is 6.86. The van der Waals surface area contributed by atoms with E-state index in [1.165, 1.54) is 18.4 Å². The quantitative estimate of drug-likeness (QED) is 0.756. The molecular weight excluding hydrogens is 224 g/mol. The zero-order valence-electron chi connectivity index (χ0n) is 11.3. The highest BCUT2D eigenvalue weighted by Crippen LogP contribution is 2.25. The molecular formula is C16H22O2. The van der Waals surface area contributed by atoms with Gasteiger partial charge in [-0.25, -0.2) is 0 Å². The third-order valence-corrected chi connectivity index (χ3v) is 3.71. The van der Waals surface area contributed by atoms with Crippen molar-refractivity contribution in [1.29, 1.82) is 0 Å². The van der Waals surface area contributed by atoms with Crippen molar-refractivity contribution in [2.45, 2.75) is 45.6 Å². The fraction of sp³-hybridized carbons (Fsp3) is 0.562. The zero-order chi connectivity index (χ0) is 13.0. The lowest BCUT2D eigenvalue weighted by molar-refractivity contribution is 0.0182. The molecule has 0 radical (unpaired) electrons. The minimum absolute atomic E-state index is 0.0910. The van der Waals surface area contributed by atoms with Crippen LogP contribution in [0.4, 0.5) is 0 Å². The molecule has 0 saturated heterocycles. The van der Waals surface area contributed by atoms with Gasteiger partial charge in [0.25, 0.3) is 0 Å². The first-order chi connectivity index (χ1) is 8.65. The van der Waals surface area contributed by atoms with Crippen molar-refractivity contribution in [3.63, 3.8) is 0 Å². The summed E-state index contributed by atoms with van der Waals surface area (Å²) in [6.45, 7) is 4.51. The number of carbonyl (C=O) groups is 1. The van der Waals surface area contributed by atoms with Gasteiger partial charge in [0.05, 0.1) is 6.10 Å². The summed E-state index contributed by atoms with van der Waals surface area (Å²) in [7, 11) is 0. The molecule has 2 rings (SSSR count). The predicted octanol–water partition coefficient (Wildman–Crippen LogP) is 3.77. The molecule has 1 aromatic rings. The maximum Gasteiger partial charge on any atom is 0.188 e. The van der Waals surface area contributed by atoms with E-state index < -0.39 is 0 Å². The third-order valence-electron chi connectivity index (χ3n) is 3.71. The standard InChI is InChI=1S/C16H22O2/c1-12-6-8-14(9-7-12)16(17)11-18-15-5-3-4-13(2)10-15/h6-9,13,15H,3-5,10-11H2,1-2H3. The van der Waals surface area contributed by atoms with E-state index in [1.54, 1.807) is 0 Å². The number of ether oxygens (including phenoxy) is 1. The molecule has 1 aliphatic carbocycles. The lowest BCUT2D eigenvalue weighted by atomic mass is 9.89. The number of rotatable bonds is 4. The Kier molecular flexibility index (Phi) is 4.54. The van der Waals surface area contributed by atoms with Crippen LogP contribution in [-0.4, -0.2) is 18.5 Å². The van der Waals surface area contributed by atoms with E-state index in [9.17, 15) is 4.79 Å². The second-order valence-electron chi connectivity index (χ2n) is 5.49. The molecule has 0 bridgehead atoms. The van der Waals surface area contributed by atoms with Gasteiger partial charge in [0.2, 0.25) is 0 Å². The minimum atomic E-state index is 0.0910. The van der Waals surface area contributed by atoms with Crippen molar-refractivity contribution in [2.24, 2.45) is 5.92 Å². The molecule has 0 spiro atoms. The van der Waals surface area contributed by atoms with Gasteiger partial charge in [-0.15, -0.1) is 0 Å². The van der Waals surface area contributed by atoms with Crippen molar-refractivity contribution in [3.8, 4) is 0 Å². The highest BCUT2D eigenvalue weighted by atomic mass is 16.5. The van der Waals surface area contributed by atoms with E-state index in [2.05, 4.69) is 6.92 Å². The Bertz CT molecular complexity index is 394. The van der Waals surface area contributed by atoms with Crippen LogP contribution in [0, 0.1) is 12.8 Å². The second-order valence-corrected chi connectivity index (χ2v) is 5.49. The molecule has 1 fully saturated rings. The second kappa shape index (κ2) is 6.14. The summed E-state index contributed by atoms with van der Waals surface area (Å²) in [6, 6.07) is 7.70. The molecule has 2 atom stereocenters. The van der Waals surface area contributed by atoms with Crippen molar-refractivity contribution >= 4 is 5.78 Å². The van der Waals surface area contributed by atoms with Crippen LogP contribution in [0.1, 0.15) is 48.5 Å². The summed E-state index contributed by atoms with van der Waals surface area (Å²) in [5, 5.41) is 0. The van der Waals surface area contributed by atoms with E-state index in [0.29, 0.717) is 0 Å². The summed E-state index contributed by atoms with van der Waals surface area (Å²) in [5.41, 5.74) is 1.93. The third kappa shape index (κ3) is 3.67. The van der Waals surface area contributed by atoms with Gasteiger partial charge in [0.15, 0.2) is 5.78 Å². The van der Waals surface area contributed by atoms with Crippen LogP contribution < -0.4 is 0 Å². The topological polar surface area (TPSA) is 26.3 Å². The van der Waals surface area contributed by atoms with Gasteiger partial charge >= 0.3 is 0 Å². The van der Waals surface area contributed by atoms with E-state index in [4.69, 9.17) is 4.74 Å². The Morgan fingerprint density at radius 2 is 2.00 bits per heavy atom. The van der Waals surface area contributed by atoms with Gasteiger partial charge in [-0.2, -0.15) is 0 Å². The van der Waals surface area contributed by atoms with Gasteiger partial charge in [-0.05, 0) is 25.7 Å². The van der Waals surface area contributed by atoms with Crippen LogP contribution >= 0.6 is 0 Å². The molecule has 98 valence electrons.